The number of piperidine rings is 2. The number of unbranched alkanes of at least 4 members (excludes halogenated alkanes) is 6. The van der Waals surface area contributed by atoms with Crippen molar-refractivity contribution in [1.29, 1.82) is 0 Å². The van der Waals surface area contributed by atoms with Crippen LogP contribution in [0.3, 0.4) is 0 Å². The fourth-order valence-corrected chi connectivity index (χ4v) is 7.92. The quantitative estimate of drug-likeness (QED) is 0.220. The summed E-state index contributed by atoms with van der Waals surface area (Å²) in [6, 6.07) is 8.27. The van der Waals surface area contributed by atoms with E-state index in [9.17, 15) is 5.21 Å². The topological polar surface area (TPSA) is 45.2 Å². The van der Waals surface area contributed by atoms with E-state index in [4.69, 9.17) is 9.47 Å². The predicted octanol–water partition coefficient (Wildman–Crippen LogP) is 9.90. The average molecular weight is 587 g/mol. The van der Waals surface area contributed by atoms with E-state index < -0.39 is 0 Å². The number of rotatable bonds is 14. The zero-order valence-corrected chi connectivity index (χ0v) is 29.3. The molecular formula is C37H66N2O3. The minimum absolute atomic E-state index is 0.0517. The van der Waals surface area contributed by atoms with E-state index in [-0.39, 0.29) is 34.4 Å². The molecule has 1 N–H and O–H groups in total. The number of hydrogen-bond donors (Lipinski definition) is 1. The third-order valence-electron chi connectivity index (χ3n) is 11.0. The van der Waals surface area contributed by atoms with Crippen molar-refractivity contribution in [2.75, 3.05) is 6.54 Å². The SMILES string of the molecule is CCCCCCCCCN1C(C)(C)CC(Oc2ccc(OC3CC(C)(C)N(O)C(C)(C(C)C)C3)cc2)CC1(C)C(C)C. The van der Waals surface area contributed by atoms with Gasteiger partial charge in [-0.3, -0.25) is 4.90 Å². The van der Waals surface area contributed by atoms with Crippen LogP contribution in [0.5, 0.6) is 11.5 Å². The Kier molecular flexibility index (Phi) is 11.9. The van der Waals surface area contributed by atoms with Crippen LogP contribution < -0.4 is 9.47 Å². The van der Waals surface area contributed by atoms with Gasteiger partial charge in [0.05, 0.1) is 0 Å². The molecule has 4 unspecified atom stereocenters. The molecule has 0 saturated carbocycles. The van der Waals surface area contributed by atoms with Gasteiger partial charge in [-0.05, 0) is 90.6 Å². The molecule has 2 aliphatic rings. The van der Waals surface area contributed by atoms with E-state index in [1.165, 1.54) is 51.5 Å². The van der Waals surface area contributed by atoms with Crippen molar-refractivity contribution in [2.24, 2.45) is 11.8 Å². The van der Waals surface area contributed by atoms with Gasteiger partial charge in [0.2, 0.25) is 0 Å². The second kappa shape index (κ2) is 14.2. The standard InChI is InChI=1S/C37H66N2O3/c1-12-13-14-15-16-17-18-23-38-34(6,7)24-32(26-36(38,10)28(2)3)41-30-19-21-31(22-20-30)42-33-25-35(8,9)39(40)37(11,27-33)29(4)5/h19-22,28-29,32-33,40H,12-18,23-27H2,1-11H3. The summed E-state index contributed by atoms with van der Waals surface area (Å²) in [6.45, 7) is 26.3. The highest BCUT2D eigenvalue weighted by Gasteiger charge is 2.51. The van der Waals surface area contributed by atoms with Crippen LogP contribution in [-0.4, -0.2) is 56.1 Å². The van der Waals surface area contributed by atoms with E-state index in [1.807, 2.05) is 0 Å². The Balaban J connectivity index is 1.62. The van der Waals surface area contributed by atoms with E-state index in [0.717, 1.165) is 37.2 Å². The predicted molar refractivity (Wildman–Crippen MR) is 177 cm³/mol. The molecule has 0 spiro atoms. The summed E-state index contributed by atoms with van der Waals surface area (Å²) in [4.78, 5) is 2.82. The number of benzene rings is 1. The molecular weight excluding hydrogens is 520 g/mol. The fourth-order valence-electron chi connectivity index (χ4n) is 7.92. The van der Waals surface area contributed by atoms with Crippen molar-refractivity contribution in [1.82, 2.24) is 9.96 Å². The zero-order valence-electron chi connectivity index (χ0n) is 29.3. The first-order valence-electron chi connectivity index (χ1n) is 17.3. The van der Waals surface area contributed by atoms with Crippen LogP contribution in [0.15, 0.2) is 24.3 Å². The lowest BCUT2D eigenvalue weighted by atomic mass is 9.71. The fraction of sp³-hybridized carbons (Fsp3) is 0.838. The zero-order chi connectivity index (χ0) is 31.3. The lowest BCUT2D eigenvalue weighted by molar-refractivity contribution is -0.271. The van der Waals surface area contributed by atoms with Crippen LogP contribution >= 0.6 is 0 Å². The molecule has 2 saturated heterocycles. The summed E-state index contributed by atoms with van der Waals surface area (Å²) < 4.78 is 13.2. The van der Waals surface area contributed by atoms with Crippen LogP contribution in [0.1, 0.15) is 147 Å². The molecule has 4 atom stereocenters. The molecule has 1 aromatic carbocycles. The first kappa shape index (κ1) is 35.2. The molecule has 0 aromatic heterocycles. The number of hydroxylamine groups is 2. The molecule has 42 heavy (non-hydrogen) atoms. The van der Waals surface area contributed by atoms with E-state index in [0.29, 0.717) is 11.8 Å². The van der Waals surface area contributed by atoms with Crippen LogP contribution in [0, 0.1) is 11.8 Å². The van der Waals surface area contributed by atoms with Gasteiger partial charge in [0.25, 0.3) is 0 Å². The Morgan fingerprint density at radius 2 is 1.10 bits per heavy atom. The van der Waals surface area contributed by atoms with Crippen LogP contribution in [0.2, 0.25) is 0 Å². The summed E-state index contributed by atoms with van der Waals surface area (Å²) in [5, 5.41) is 12.6. The van der Waals surface area contributed by atoms with Gasteiger partial charge in [0.15, 0.2) is 0 Å². The van der Waals surface area contributed by atoms with E-state index in [1.54, 1.807) is 5.06 Å². The highest BCUT2D eigenvalue weighted by atomic mass is 16.5. The molecule has 2 aliphatic heterocycles. The van der Waals surface area contributed by atoms with Crippen molar-refractivity contribution < 1.29 is 14.7 Å². The lowest BCUT2D eigenvalue weighted by Gasteiger charge is -2.58. The average Bonchev–Trinajstić information content (AvgIpc) is 2.88. The molecule has 5 nitrogen and oxygen atoms in total. The second-order valence-electron chi connectivity index (χ2n) is 16.0. The smallest absolute Gasteiger partial charge is 0.119 e. The molecule has 0 aliphatic carbocycles. The summed E-state index contributed by atoms with van der Waals surface area (Å²) in [5.41, 5.74) is -0.473. The highest BCUT2D eigenvalue weighted by Crippen LogP contribution is 2.45. The Hall–Kier alpha value is -1.30. The maximum absolute atomic E-state index is 11.0. The molecule has 0 bridgehead atoms. The molecule has 0 radical (unpaired) electrons. The van der Waals surface area contributed by atoms with E-state index >= 15 is 0 Å². The molecule has 2 heterocycles. The third kappa shape index (κ3) is 8.24. The van der Waals surface area contributed by atoms with Crippen molar-refractivity contribution in [3.05, 3.63) is 24.3 Å². The van der Waals surface area contributed by atoms with Crippen LogP contribution in [0.4, 0.5) is 0 Å². The molecule has 5 heteroatoms. The van der Waals surface area contributed by atoms with Crippen LogP contribution in [0.25, 0.3) is 0 Å². The van der Waals surface area contributed by atoms with E-state index in [2.05, 4.69) is 105 Å². The molecule has 0 amide bonds. The van der Waals surface area contributed by atoms with Gasteiger partial charge in [0.1, 0.15) is 23.7 Å². The Morgan fingerprint density at radius 1 is 0.667 bits per heavy atom. The minimum Gasteiger partial charge on any atom is -0.490 e. The summed E-state index contributed by atoms with van der Waals surface area (Å²) in [6.07, 6.45) is 13.4. The van der Waals surface area contributed by atoms with Gasteiger partial charge >= 0.3 is 0 Å². The van der Waals surface area contributed by atoms with Crippen molar-refractivity contribution in [3.8, 4) is 11.5 Å². The van der Waals surface area contributed by atoms with Crippen molar-refractivity contribution in [2.45, 2.75) is 181 Å². The van der Waals surface area contributed by atoms with Gasteiger partial charge in [-0.2, -0.15) is 5.06 Å². The van der Waals surface area contributed by atoms with Gasteiger partial charge in [-0.15, -0.1) is 0 Å². The van der Waals surface area contributed by atoms with Gasteiger partial charge in [-0.1, -0.05) is 73.1 Å². The van der Waals surface area contributed by atoms with Gasteiger partial charge in [-0.25, -0.2) is 0 Å². The Bertz CT molecular complexity index is 958. The van der Waals surface area contributed by atoms with Gasteiger partial charge in [0, 0.05) is 47.8 Å². The molecule has 3 rings (SSSR count). The Labute approximate surface area is 259 Å². The molecule has 2 fully saturated rings. The second-order valence-corrected chi connectivity index (χ2v) is 16.0. The monoisotopic (exact) mass is 587 g/mol. The molecule has 242 valence electrons. The highest BCUT2D eigenvalue weighted by molar-refractivity contribution is 5.32. The number of likely N-dealkylation sites (tertiary alicyclic amines) is 1. The maximum Gasteiger partial charge on any atom is 0.119 e. The minimum atomic E-state index is -0.343. The summed E-state index contributed by atoms with van der Waals surface area (Å²) >= 11 is 0. The van der Waals surface area contributed by atoms with Gasteiger partial charge < -0.3 is 14.7 Å². The molecule has 1 aromatic rings. The largest absolute Gasteiger partial charge is 0.490 e. The number of ether oxygens (including phenoxy) is 2. The van der Waals surface area contributed by atoms with Crippen molar-refractivity contribution in [3.63, 3.8) is 0 Å². The lowest BCUT2D eigenvalue weighted by Crippen LogP contribution is -2.65. The third-order valence-corrected chi connectivity index (χ3v) is 11.0. The maximum atomic E-state index is 11.0. The summed E-state index contributed by atoms with van der Waals surface area (Å²) in [7, 11) is 0. The first-order valence-corrected chi connectivity index (χ1v) is 17.3. The van der Waals surface area contributed by atoms with Crippen molar-refractivity contribution >= 4 is 0 Å². The Morgan fingerprint density at radius 3 is 1.57 bits per heavy atom. The normalized spacial score (nSPS) is 30.1. The number of hydrogen-bond acceptors (Lipinski definition) is 5. The number of nitrogens with zero attached hydrogens (tertiary/aromatic N) is 2. The van der Waals surface area contributed by atoms with Crippen LogP contribution in [-0.2, 0) is 0 Å². The first-order chi connectivity index (χ1) is 19.5. The summed E-state index contributed by atoms with van der Waals surface area (Å²) in [5.74, 6) is 2.66.